The van der Waals surface area contributed by atoms with Crippen molar-refractivity contribution in [2.24, 2.45) is 0 Å². The third-order valence-corrected chi connectivity index (χ3v) is 3.11. The van der Waals surface area contributed by atoms with Crippen molar-refractivity contribution in [1.29, 1.82) is 0 Å². The predicted octanol–water partition coefficient (Wildman–Crippen LogP) is 4.21. The fourth-order valence-electron chi connectivity index (χ4n) is 1.43. The van der Waals surface area contributed by atoms with E-state index in [1.54, 1.807) is 6.08 Å². The fourth-order valence-corrected chi connectivity index (χ4v) is 1.78. The van der Waals surface area contributed by atoms with Gasteiger partial charge in [0.05, 0.1) is 4.47 Å². The molecule has 0 saturated carbocycles. The molecule has 4 heteroatoms. The predicted molar refractivity (Wildman–Crippen MR) is 75.2 cm³/mol. The van der Waals surface area contributed by atoms with E-state index < -0.39 is 11.8 Å². The van der Waals surface area contributed by atoms with E-state index in [1.165, 1.54) is 24.3 Å². The zero-order valence-electron chi connectivity index (χ0n) is 9.85. The van der Waals surface area contributed by atoms with Crippen LogP contribution in [0.25, 0.3) is 6.08 Å². The molecule has 0 aliphatic rings. The Balaban J connectivity index is 2.06. The maximum Gasteiger partial charge on any atom is 0.336 e. The number of esters is 1. The molecule has 0 N–H and O–H groups in total. The van der Waals surface area contributed by atoms with E-state index in [4.69, 9.17) is 4.74 Å². The Morgan fingerprint density at radius 2 is 1.84 bits per heavy atom. The molecule has 2 aromatic carbocycles. The molecule has 0 amide bonds. The lowest BCUT2D eigenvalue weighted by molar-refractivity contribution is -0.128. The lowest BCUT2D eigenvalue weighted by atomic mass is 10.2. The quantitative estimate of drug-likeness (QED) is 0.481. The fraction of sp³-hybridized carbons (Fsp3) is 0. The molecule has 0 heterocycles. The van der Waals surface area contributed by atoms with Crippen molar-refractivity contribution in [3.8, 4) is 5.75 Å². The zero-order chi connectivity index (χ0) is 13.7. The summed E-state index contributed by atoms with van der Waals surface area (Å²) in [6.07, 6.45) is 2.93. The Bertz CT molecular complexity index is 609. The van der Waals surface area contributed by atoms with Gasteiger partial charge in [-0.05, 0) is 39.7 Å². The molecular formula is C15H10BrFO2. The Morgan fingerprint density at radius 1 is 1.11 bits per heavy atom. The van der Waals surface area contributed by atoms with Gasteiger partial charge in [0.25, 0.3) is 0 Å². The van der Waals surface area contributed by atoms with Gasteiger partial charge in [-0.15, -0.1) is 0 Å². The first kappa shape index (κ1) is 13.5. The van der Waals surface area contributed by atoms with Crippen LogP contribution in [-0.4, -0.2) is 5.97 Å². The molecular weight excluding hydrogens is 311 g/mol. The van der Waals surface area contributed by atoms with Crippen LogP contribution in [0.3, 0.4) is 0 Å². The Hall–Kier alpha value is -1.94. The lowest BCUT2D eigenvalue weighted by Gasteiger charge is -2.04. The van der Waals surface area contributed by atoms with Gasteiger partial charge in [0.15, 0.2) is 0 Å². The van der Waals surface area contributed by atoms with Crippen LogP contribution in [-0.2, 0) is 4.79 Å². The van der Waals surface area contributed by atoms with Crippen molar-refractivity contribution < 1.29 is 13.9 Å². The molecule has 0 spiro atoms. The van der Waals surface area contributed by atoms with Crippen LogP contribution in [0.15, 0.2) is 59.1 Å². The molecule has 2 aromatic rings. The van der Waals surface area contributed by atoms with Gasteiger partial charge in [0.1, 0.15) is 11.6 Å². The van der Waals surface area contributed by atoms with Crippen molar-refractivity contribution in [1.82, 2.24) is 0 Å². The minimum absolute atomic E-state index is 0.136. The largest absolute Gasteiger partial charge is 0.422 e. The Labute approximate surface area is 118 Å². The third kappa shape index (κ3) is 3.76. The highest BCUT2D eigenvalue weighted by molar-refractivity contribution is 9.10. The van der Waals surface area contributed by atoms with Gasteiger partial charge in [-0.3, -0.25) is 0 Å². The summed E-state index contributed by atoms with van der Waals surface area (Å²) in [6.45, 7) is 0. The number of ether oxygens (including phenoxy) is 1. The average molecular weight is 321 g/mol. The molecule has 0 radical (unpaired) electrons. The molecule has 0 aromatic heterocycles. The lowest BCUT2D eigenvalue weighted by Crippen LogP contribution is -2.04. The van der Waals surface area contributed by atoms with Gasteiger partial charge in [-0.25, -0.2) is 9.18 Å². The van der Waals surface area contributed by atoms with Gasteiger partial charge >= 0.3 is 5.97 Å². The summed E-state index contributed by atoms with van der Waals surface area (Å²) in [5, 5.41) is 0. The third-order valence-electron chi connectivity index (χ3n) is 2.34. The molecule has 96 valence electrons. The van der Waals surface area contributed by atoms with Crippen LogP contribution in [0.2, 0.25) is 0 Å². The van der Waals surface area contributed by atoms with Crippen LogP contribution in [0, 0.1) is 5.82 Å². The highest BCUT2D eigenvalue weighted by Gasteiger charge is 2.08. The van der Waals surface area contributed by atoms with Crippen molar-refractivity contribution in [3.05, 3.63) is 70.5 Å². The van der Waals surface area contributed by atoms with E-state index in [1.807, 2.05) is 30.3 Å². The van der Waals surface area contributed by atoms with Crippen LogP contribution in [0.1, 0.15) is 5.56 Å². The average Bonchev–Trinajstić information content (AvgIpc) is 2.43. The second-order valence-corrected chi connectivity index (χ2v) is 4.51. The second-order valence-electron chi connectivity index (χ2n) is 3.72. The summed E-state index contributed by atoms with van der Waals surface area (Å²) in [7, 11) is 0. The van der Waals surface area contributed by atoms with Gasteiger partial charge in [0.2, 0.25) is 0 Å². The van der Waals surface area contributed by atoms with Crippen LogP contribution in [0.5, 0.6) is 5.75 Å². The van der Waals surface area contributed by atoms with Gasteiger partial charge in [-0.1, -0.05) is 36.4 Å². The number of benzene rings is 2. The monoisotopic (exact) mass is 320 g/mol. The number of halogens is 2. The summed E-state index contributed by atoms with van der Waals surface area (Å²) in [5.41, 5.74) is 0.887. The Kier molecular flexibility index (Phi) is 4.47. The van der Waals surface area contributed by atoms with Crippen molar-refractivity contribution in [2.45, 2.75) is 0 Å². The van der Waals surface area contributed by atoms with E-state index in [9.17, 15) is 9.18 Å². The molecule has 0 atom stereocenters. The number of hydrogen-bond acceptors (Lipinski definition) is 2. The molecule has 0 aliphatic carbocycles. The molecule has 2 nitrogen and oxygen atoms in total. The summed E-state index contributed by atoms with van der Waals surface area (Å²) >= 11 is 3.03. The number of hydrogen-bond donors (Lipinski definition) is 0. The van der Waals surface area contributed by atoms with Crippen molar-refractivity contribution in [3.63, 3.8) is 0 Å². The SMILES string of the molecule is O=C(/C=C/c1ccccc1)Oc1cccc(F)c1Br. The van der Waals surface area contributed by atoms with Crippen molar-refractivity contribution >= 4 is 28.0 Å². The summed E-state index contributed by atoms with van der Waals surface area (Å²) in [5.74, 6) is -0.879. The second kappa shape index (κ2) is 6.29. The first-order valence-corrected chi connectivity index (χ1v) is 6.35. The van der Waals surface area contributed by atoms with Gasteiger partial charge < -0.3 is 4.74 Å². The van der Waals surface area contributed by atoms with E-state index in [0.717, 1.165) is 5.56 Å². The number of carbonyl (C=O) groups excluding carboxylic acids is 1. The number of rotatable bonds is 3. The van der Waals surface area contributed by atoms with Gasteiger partial charge in [0, 0.05) is 6.08 Å². The topological polar surface area (TPSA) is 26.3 Å². The van der Waals surface area contributed by atoms with E-state index in [-0.39, 0.29) is 10.2 Å². The minimum atomic E-state index is -0.560. The smallest absolute Gasteiger partial charge is 0.336 e. The molecule has 0 saturated heterocycles. The standard InChI is InChI=1S/C15H10BrFO2/c16-15-12(17)7-4-8-13(15)19-14(18)10-9-11-5-2-1-3-6-11/h1-10H/b10-9+. The molecule has 19 heavy (non-hydrogen) atoms. The van der Waals surface area contributed by atoms with Crippen LogP contribution >= 0.6 is 15.9 Å². The molecule has 0 aliphatic heterocycles. The van der Waals surface area contributed by atoms with E-state index in [0.29, 0.717) is 0 Å². The van der Waals surface area contributed by atoms with E-state index >= 15 is 0 Å². The molecule has 0 unspecified atom stereocenters. The molecule has 0 bridgehead atoms. The van der Waals surface area contributed by atoms with Crippen molar-refractivity contribution in [2.75, 3.05) is 0 Å². The van der Waals surface area contributed by atoms with E-state index in [2.05, 4.69) is 15.9 Å². The highest BCUT2D eigenvalue weighted by atomic mass is 79.9. The zero-order valence-corrected chi connectivity index (χ0v) is 11.4. The summed E-state index contributed by atoms with van der Waals surface area (Å²) in [6, 6.07) is 13.6. The maximum absolute atomic E-state index is 13.2. The minimum Gasteiger partial charge on any atom is -0.422 e. The normalized spacial score (nSPS) is 10.6. The Morgan fingerprint density at radius 3 is 2.58 bits per heavy atom. The van der Waals surface area contributed by atoms with Crippen LogP contribution in [0.4, 0.5) is 4.39 Å². The maximum atomic E-state index is 13.2. The molecule has 2 rings (SSSR count). The summed E-state index contributed by atoms with van der Waals surface area (Å²) < 4.78 is 18.4. The van der Waals surface area contributed by atoms with Gasteiger partial charge in [-0.2, -0.15) is 0 Å². The first-order chi connectivity index (χ1) is 9.16. The number of carbonyl (C=O) groups is 1. The first-order valence-electron chi connectivity index (χ1n) is 5.56. The highest BCUT2D eigenvalue weighted by Crippen LogP contribution is 2.27. The van der Waals surface area contributed by atoms with Crippen LogP contribution < -0.4 is 4.74 Å². The summed E-state index contributed by atoms with van der Waals surface area (Å²) in [4.78, 5) is 11.6. The molecule has 0 fully saturated rings.